The van der Waals surface area contributed by atoms with Crippen molar-refractivity contribution in [2.45, 2.75) is 13.0 Å². The average molecular weight is 436 g/mol. The number of hydrogen-bond acceptors (Lipinski definition) is 3. The van der Waals surface area contributed by atoms with Gasteiger partial charge in [-0.25, -0.2) is 4.98 Å². The third kappa shape index (κ3) is 4.44. The smallest absolute Gasteiger partial charge is 0.251 e. The predicted octanol–water partition coefficient (Wildman–Crippen LogP) is 5.22. The normalized spacial score (nSPS) is 11.1. The molecule has 5 aromatic rings. The molecule has 0 radical (unpaired) electrons. The van der Waals surface area contributed by atoms with E-state index in [1.807, 2.05) is 30.3 Å². The van der Waals surface area contributed by atoms with Crippen LogP contribution < -0.4 is 10.1 Å². The van der Waals surface area contributed by atoms with Gasteiger partial charge in [0.2, 0.25) is 0 Å². The molecule has 1 N–H and O–H groups in total. The van der Waals surface area contributed by atoms with Gasteiger partial charge in [-0.15, -0.1) is 0 Å². The Bertz CT molecular complexity index is 1440. The van der Waals surface area contributed by atoms with Crippen LogP contribution in [0.3, 0.4) is 0 Å². The van der Waals surface area contributed by atoms with Crippen LogP contribution in [0.5, 0.6) is 5.75 Å². The van der Waals surface area contributed by atoms with Crippen LogP contribution in [-0.2, 0) is 13.0 Å². The highest BCUT2D eigenvalue weighted by Crippen LogP contribution is 2.21. The first-order valence-corrected chi connectivity index (χ1v) is 11.1. The van der Waals surface area contributed by atoms with Gasteiger partial charge in [0, 0.05) is 25.1 Å². The number of hydrogen-bond donors (Lipinski definition) is 1. The molecular formula is C28H25N3O2. The molecular weight excluding hydrogens is 410 g/mol. The summed E-state index contributed by atoms with van der Waals surface area (Å²) in [5, 5.41) is 5.47. The molecule has 0 spiro atoms. The minimum Gasteiger partial charge on any atom is -0.497 e. The Morgan fingerprint density at radius 2 is 1.73 bits per heavy atom. The number of rotatable bonds is 7. The van der Waals surface area contributed by atoms with Gasteiger partial charge < -0.3 is 14.6 Å². The number of ether oxygens (including phenoxy) is 1. The summed E-state index contributed by atoms with van der Waals surface area (Å²) >= 11 is 0. The van der Waals surface area contributed by atoms with Crippen molar-refractivity contribution < 1.29 is 9.53 Å². The topological polar surface area (TPSA) is 56.1 Å². The fraction of sp³-hybridized carbons (Fsp3) is 0.143. The van der Waals surface area contributed by atoms with Gasteiger partial charge in [-0.1, -0.05) is 54.6 Å². The maximum Gasteiger partial charge on any atom is 0.251 e. The van der Waals surface area contributed by atoms with Gasteiger partial charge in [0.1, 0.15) is 11.6 Å². The Hall–Kier alpha value is -4.12. The molecule has 0 saturated heterocycles. The molecule has 0 fully saturated rings. The SMILES string of the molecule is COc1cccc(C(=O)NCCc2nc3ccccc3n2Cc2ccc3ccccc3c2)c1. The fourth-order valence-corrected chi connectivity index (χ4v) is 4.17. The first-order chi connectivity index (χ1) is 16.2. The van der Waals surface area contributed by atoms with Crippen molar-refractivity contribution in [1.82, 2.24) is 14.9 Å². The average Bonchev–Trinajstić information content (AvgIpc) is 3.21. The lowest BCUT2D eigenvalue weighted by Gasteiger charge is -2.11. The molecule has 1 amide bonds. The van der Waals surface area contributed by atoms with E-state index in [1.165, 1.54) is 16.3 Å². The highest BCUT2D eigenvalue weighted by atomic mass is 16.5. The van der Waals surface area contributed by atoms with Crippen molar-refractivity contribution in [1.29, 1.82) is 0 Å². The van der Waals surface area contributed by atoms with Gasteiger partial charge in [0.15, 0.2) is 0 Å². The lowest BCUT2D eigenvalue weighted by atomic mass is 10.1. The molecule has 5 nitrogen and oxygen atoms in total. The Morgan fingerprint density at radius 3 is 2.61 bits per heavy atom. The quantitative estimate of drug-likeness (QED) is 0.381. The number of carbonyl (C=O) groups is 1. The minimum atomic E-state index is -0.119. The Kier molecular flexibility index (Phi) is 5.77. The second-order valence-corrected chi connectivity index (χ2v) is 8.02. The molecule has 33 heavy (non-hydrogen) atoms. The number of fused-ring (bicyclic) bond motifs is 2. The molecule has 1 heterocycles. The summed E-state index contributed by atoms with van der Waals surface area (Å²) in [4.78, 5) is 17.4. The number of nitrogens with zero attached hydrogens (tertiary/aromatic N) is 2. The Morgan fingerprint density at radius 1 is 0.909 bits per heavy atom. The maximum absolute atomic E-state index is 12.6. The molecule has 0 aliphatic carbocycles. The van der Waals surface area contributed by atoms with E-state index in [2.05, 4.69) is 58.4 Å². The number of benzene rings is 4. The molecule has 5 rings (SSSR count). The van der Waals surface area contributed by atoms with Crippen LogP contribution in [0.2, 0.25) is 0 Å². The zero-order valence-corrected chi connectivity index (χ0v) is 18.5. The number of methoxy groups -OCH3 is 1. The highest BCUT2D eigenvalue weighted by molar-refractivity contribution is 5.94. The molecule has 0 aliphatic rings. The molecule has 1 aromatic heterocycles. The standard InChI is InChI=1S/C28H25N3O2/c1-33-24-10-6-9-23(18-24)28(32)29-16-15-27-30-25-11-4-5-12-26(25)31(27)19-20-13-14-21-7-2-3-8-22(21)17-20/h2-14,17-18H,15-16,19H2,1H3,(H,29,32). The maximum atomic E-state index is 12.6. The van der Waals surface area contributed by atoms with Crippen LogP contribution >= 0.6 is 0 Å². The van der Waals surface area contributed by atoms with E-state index in [9.17, 15) is 4.79 Å². The van der Waals surface area contributed by atoms with Crippen LogP contribution in [0, 0.1) is 0 Å². The number of imidazole rings is 1. The van der Waals surface area contributed by atoms with Crippen LogP contribution in [0.25, 0.3) is 21.8 Å². The number of aromatic nitrogens is 2. The van der Waals surface area contributed by atoms with E-state index < -0.39 is 0 Å². The molecule has 0 unspecified atom stereocenters. The van der Waals surface area contributed by atoms with E-state index in [0.29, 0.717) is 24.3 Å². The first kappa shape index (κ1) is 20.8. The molecule has 0 aliphatic heterocycles. The predicted molar refractivity (Wildman–Crippen MR) is 132 cm³/mol. The van der Waals surface area contributed by atoms with Crippen molar-refractivity contribution in [2.75, 3.05) is 13.7 Å². The fourth-order valence-electron chi connectivity index (χ4n) is 4.17. The van der Waals surface area contributed by atoms with Crippen LogP contribution in [0.15, 0.2) is 91.0 Å². The molecule has 5 heteroatoms. The third-order valence-electron chi connectivity index (χ3n) is 5.85. The van der Waals surface area contributed by atoms with E-state index in [0.717, 1.165) is 23.4 Å². The summed E-state index contributed by atoms with van der Waals surface area (Å²) in [5.74, 6) is 1.50. The van der Waals surface area contributed by atoms with Gasteiger partial charge in [0.05, 0.1) is 18.1 Å². The zero-order valence-electron chi connectivity index (χ0n) is 18.5. The van der Waals surface area contributed by atoms with Crippen LogP contribution in [-0.4, -0.2) is 29.1 Å². The van der Waals surface area contributed by atoms with Gasteiger partial charge >= 0.3 is 0 Å². The van der Waals surface area contributed by atoms with Crippen molar-refractivity contribution in [3.05, 3.63) is 108 Å². The lowest BCUT2D eigenvalue weighted by molar-refractivity contribution is 0.0953. The summed E-state index contributed by atoms with van der Waals surface area (Å²) in [6.45, 7) is 1.22. The second kappa shape index (κ2) is 9.17. The van der Waals surface area contributed by atoms with Gasteiger partial charge in [0.25, 0.3) is 5.91 Å². The van der Waals surface area contributed by atoms with E-state index in [4.69, 9.17) is 9.72 Å². The summed E-state index contributed by atoms with van der Waals surface area (Å²) in [5.41, 5.74) is 3.87. The number of nitrogens with one attached hydrogen (secondary N) is 1. The van der Waals surface area contributed by atoms with Crippen molar-refractivity contribution >= 4 is 27.7 Å². The largest absolute Gasteiger partial charge is 0.497 e. The summed E-state index contributed by atoms with van der Waals surface area (Å²) in [6.07, 6.45) is 0.637. The van der Waals surface area contributed by atoms with Crippen molar-refractivity contribution in [3.63, 3.8) is 0 Å². The van der Waals surface area contributed by atoms with Gasteiger partial charge in [-0.3, -0.25) is 4.79 Å². The molecule has 4 aromatic carbocycles. The number of amides is 1. The van der Waals surface area contributed by atoms with Gasteiger partial charge in [-0.05, 0) is 52.7 Å². The monoisotopic (exact) mass is 435 g/mol. The number of carbonyl (C=O) groups excluding carboxylic acids is 1. The second-order valence-electron chi connectivity index (χ2n) is 8.02. The number of para-hydroxylation sites is 2. The van der Waals surface area contributed by atoms with E-state index >= 15 is 0 Å². The summed E-state index contributed by atoms with van der Waals surface area (Å²) in [7, 11) is 1.59. The van der Waals surface area contributed by atoms with Crippen molar-refractivity contribution in [2.24, 2.45) is 0 Å². The van der Waals surface area contributed by atoms with Crippen LogP contribution in [0.4, 0.5) is 0 Å². The first-order valence-electron chi connectivity index (χ1n) is 11.1. The molecule has 164 valence electrons. The molecule has 0 atom stereocenters. The van der Waals surface area contributed by atoms with E-state index in [1.54, 1.807) is 19.2 Å². The highest BCUT2D eigenvalue weighted by Gasteiger charge is 2.12. The van der Waals surface area contributed by atoms with Crippen molar-refractivity contribution in [3.8, 4) is 5.75 Å². The lowest BCUT2D eigenvalue weighted by Crippen LogP contribution is -2.26. The zero-order chi connectivity index (χ0) is 22.6. The van der Waals surface area contributed by atoms with Crippen LogP contribution in [0.1, 0.15) is 21.7 Å². The minimum absolute atomic E-state index is 0.119. The summed E-state index contributed by atoms with van der Waals surface area (Å²) in [6, 6.07) is 30.3. The third-order valence-corrected chi connectivity index (χ3v) is 5.85. The molecule has 0 saturated carbocycles. The Labute approximate surface area is 192 Å². The van der Waals surface area contributed by atoms with Gasteiger partial charge in [-0.2, -0.15) is 0 Å². The Balaban J connectivity index is 1.36. The summed E-state index contributed by atoms with van der Waals surface area (Å²) < 4.78 is 7.47. The molecule has 0 bridgehead atoms. The van der Waals surface area contributed by atoms with E-state index in [-0.39, 0.29) is 5.91 Å².